The summed E-state index contributed by atoms with van der Waals surface area (Å²) in [6.45, 7) is 0.300. The van der Waals surface area contributed by atoms with E-state index in [9.17, 15) is 18.0 Å². The van der Waals surface area contributed by atoms with E-state index in [-0.39, 0.29) is 15.5 Å². The quantitative estimate of drug-likeness (QED) is 0.524. The normalized spacial score (nSPS) is 12.8. The Labute approximate surface area is 190 Å². The number of fused-ring (bicyclic) bond motifs is 1. The Morgan fingerprint density at radius 3 is 2.41 bits per heavy atom. The maximum Gasteiger partial charge on any atom is 0.316 e. The molecule has 0 aliphatic carbocycles. The van der Waals surface area contributed by atoms with E-state index in [0.29, 0.717) is 30.0 Å². The van der Waals surface area contributed by atoms with Crippen molar-refractivity contribution >= 4 is 50.6 Å². The summed E-state index contributed by atoms with van der Waals surface area (Å²) in [7, 11) is -3.97. The van der Waals surface area contributed by atoms with Crippen LogP contribution < -0.4 is 20.7 Å². The summed E-state index contributed by atoms with van der Waals surface area (Å²) in [6.07, 6.45) is 0.600. The number of nitrogens with zero attached hydrogens (tertiary/aromatic N) is 1. The third-order valence-electron chi connectivity index (χ3n) is 4.99. The summed E-state index contributed by atoms with van der Waals surface area (Å²) in [4.78, 5) is 23.7. The van der Waals surface area contributed by atoms with Crippen LogP contribution in [-0.2, 0) is 16.4 Å². The monoisotopic (exact) mass is 470 g/mol. The number of nitrogens with one attached hydrogen (secondary N) is 2. The maximum absolute atomic E-state index is 13.4. The first-order chi connectivity index (χ1) is 15.3. The second-order valence-electron chi connectivity index (χ2n) is 7.13. The number of carbonyl (C=O) groups is 2. The zero-order chi connectivity index (χ0) is 22.9. The van der Waals surface area contributed by atoms with Gasteiger partial charge in [0.1, 0.15) is 4.90 Å². The fourth-order valence-corrected chi connectivity index (χ4v) is 5.55. The molecule has 0 saturated carbocycles. The third-order valence-corrected chi connectivity index (χ3v) is 7.29. The number of hydrogen-bond donors (Lipinski definition) is 3. The predicted octanol–water partition coefficient (Wildman–Crippen LogP) is 3.83. The number of sulfonamides is 1. The van der Waals surface area contributed by atoms with Crippen molar-refractivity contribution in [3.05, 3.63) is 82.9 Å². The number of rotatable bonds is 5. The Kier molecular flexibility index (Phi) is 5.77. The predicted molar refractivity (Wildman–Crippen MR) is 124 cm³/mol. The van der Waals surface area contributed by atoms with E-state index in [1.807, 2.05) is 12.1 Å². The molecule has 4 N–H and O–H groups in total. The molecule has 0 bridgehead atoms. The lowest BCUT2D eigenvalue weighted by Crippen LogP contribution is -2.29. The van der Waals surface area contributed by atoms with Crippen molar-refractivity contribution in [3.8, 4) is 0 Å². The summed E-state index contributed by atoms with van der Waals surface area (Å²) in [6, 6.07) is 17.0. The van der Waals surface area contributed by atoms with E-state index < -0.39 is 22.0 Å². The zero-order valence-corrected chi connectivity index (χ0v) is 18.3. The molecule has 0 spiro atoms. The second-order valence-corrected chi connectivity index (χ2v) is 9.36. The average Bonchev–Trinajstić information content (AvgIpc) is 3.19. The third kappa shape index (κ3) is 4.25. The standard InChI is InChI=1S/C22H19ClN4O4S/c23-18-9-8-15(21(28)25-16-5-3-6-17(13-16)26-22(24)29)12-20(18)32(30,31)27-11-10-14-4-1-2-7-19(14)27/h1-9,12-13H,10-11H2,(H,25,28)(H3,24,26,29). The Morgan fingerprint density at radius 2 is 1.66 bits per heavy atom. The van der Waals surface area contributed by atoms with Gasteiger partial charge in [-0.3, -0.25) is 9.10 Å². The molecule has 164 valence electrons. The van der Waals surface area contributed by atoms with Crippen LogP contribution in [0.15, 0.2) is 71.6 Å². The van der Waals surface area contributed by atoms with Crippen LogP contribution in [0.4, 0.5) is 21.9 Å². The minimum absolute atomic E-state index is 0.0265. The molecule has 10 heteroatoms. The minimum Gasteiger partial charge on any atom is -0.351 e. The van der Waals surface area contributed by atoms with Crippen LogP contribution in [0.1, 0.15) is 15.9 Å². The smallest absolute Gasteiger partial charge is 0.316 e. The number of primary amides is 1. The van der Waals surface area contributed by atoms with E-state index in [0.717, 1.165) is 5.56 Å². The molecule has 0 saturated heterocycles. The number of urea groups is 1. The van der Waals surface area contributed by atoms with Gasteiger partial charge in [0.05, 0.1) is 10.7 Å². The molecule has 0 aromatic heterocycles. The van der Waals surface area contributed by atoms with Crippen LogP contribution >= 0.6 is 11.6 Å². The molecule has 3 amide bonds. The highest BCUT2D eigenvalue weighted by molar-refractivity contribution is 7.93. The first-order valence-electron chi connectivity index (χ1n) is 9.64. The molecule has 1 aliphatic heterocycles. The molecular formula is C22H19ClN4O4S. The van der Waals surface area contributed by atoms with Gasteiger partial charge in [-0.15, -0.1) is 0 Å². The highest BCUT2D eigenvalue weighted by Crippen LogP contribution is 2.35. The van der Waals surface area contributed by atoms with Gasteiger partial charge in [0.15, 0.2) is 0 Å². The van der Waals surface area contributed by atoms with E-state index in [2.05, 4.69) is 10.6 Å². The van der Waals surface area contributed by atoms with Crippen molar-refractivity contribution in [1.29, 1.82) is 0 Å². The first-order valence-corrected chi connectivity index (χ1v) is 11.5. The summed E-state index contributed by atoms with van der Waals surface area (Å²) in [5.74, 6) is -0.531. The van der Waals surface area contributed by atoms with Crippen LogP contribution in [0.25, 0.3) is 0 Å². The number of hydrogen-bond acceptors (Lipinski definition) is 4. The number of para-hydroxylation sites is 1. The van der Waals surface area contributed by atoms with Crippen LogP contribution in [0.2, 0.25) is 5.02 Å². The van der Waals surface area contributed by atoms with Gasteiger partial charge in [-0.05, 0) is 54.4 Å². The lowest BCUT2D eigenvalue weighted by atomic mass is 10.2. The molecule has 4 rings (SSSR count). The van der Waals surface area contributed by atoms with E-state index in [1.54, 1.807) is 30.3 Å². The molecular weight excluding hydrogens is 452 g/mol. The van der Waals surface area contributed by atoms with Crippen molar-refractivity contribution in [2.45, 2.75) is 11.3 Å². The minimum atomic E-state index is -3.97. The first kappa shape index (κ1) is 21.7. The van der Waals surface area contributed by atoms with Gasteiger partial charge in [0, 0.05) is 23.5 Å². The Bertz CT molecular complexity index is 1330. The SMILES string of the molecule is NC(=O)Nc1cccc(NC(=O)c2ccc(Cl)c(S(=O)(=O)N3CCc4ccccc43)c2)c1. The van der Waals surface area contributed by atoms with Gasteiger partial charge < -0.3 is 16.4 Å². The number of benzene rings is 3. The highest BCUT2D eigenvalue weighted by Gasteiger charge is 2.32. The topological polar surface area (TPSA) is 122 Å². The Balaban J connectivity index is 1.62. The fraction of sp³-hybridized carbons (Fsp3) is 0.0909. The second kappa shape index (κ2) is 8.52. The van der Waals surface area contributed by atoms with Gasteiger partial charge in [-0.2, -0.15) is 0 Å². The molecule has 3 aromatic rings. The highest BCUT2D eigenvalue weighted by atomic mass is 35.5. The van der Waals surface area contributed by atoms with Crippen LogP contribution in [-0.4, -0.2) is 26.9 Å². The van der Waals surface area contributed by atoms with Gasteiger partial charge in [0.2, 0.25) is 0 Å². The van der Waals surface area contributed by atoms with Crippen molar-refractivity contribution in [1.82, 2.24) is 0 Å². The molecule has 3 aromatic carbocycles. The molecule has 0 radical (unpaired) electrons. The molecule has 1 heterocycles. The number of halogens is 1. The Hall–Kier alpha value is -3.56. The molecule has 0 unspecified atom stereocenters. The largest absolute Gasteiger partial charge is 0.351 e. The van der Waals surface area contributed by atoms with Gasteiger partial charge in [-0.1, -0.05) is 35.9 Å². The van der Waals surface area contributed by atoms with Gasteiger partial charge in [-0.25, -0.2) is 13.2 Å². The van der Waals surface area contributed by atoms with E-state index in [4.69, 9.17) is 17.3 Å². The molecule has 0 fully saturated rings. The summed E-state index contributed by atoms with van der Waals surface area (Å²) in [5.41, 5.74) is 7.57. The maximum atomic E-state index is 13.4. The van der Waals surface area contributed by atoms with E-state index >= 15 is 0 Å². The van der Waals surface area contributed by atoms with Crippen molar-refractivity contribution in [2.24, 2.45) is 5.73 Å². The van der Waals surface area contributed by atoms with Crippen LogP contribution in [0, 0.1) is 0 Å². The Morgan fingerprint density at radius 1 is 0.938 bits per heavy atom. The number of carbonyl (C=O) groups excluding carboxylic acids is 2. The van der Waals surface area contributed by atoms with Crippen molar-refractivity contribution in [2.75, 3.05) is 21.5 Å². The van der Waals surface area contributed by atoms with E-state index in [1.165, 1.54) is 28.6 Å². The lowest BCUT2D eigenvalue weighted by Gasteiger charge is -2.20. The number of amides is 3. The van der Waals surface area contributed by atoms with Crippen LogP contribution in [0.5, 0.6) is 0 Å². The van der Waals surface area contributed by atoms with Crippen molar-refractivity contribution in [3.63, 3.8) is 0 Å². The average molecular weight is 471 g/mol. The molecule has 32 heavy (non-hydrogen) atoms. The van der Waals surface area contributed by atoms with Gasteiger partial charge in [0.25, 0.3) is 15.9 Å². The van der Waals surface area contributed by atoms with Crippen molar-refractivity contribution < 1.29 is 18.0 Å². The summed E-state index contributed by atoms with van der Waals surface area (Å²) >= 11 is 6.23. The molecule has 1 aliphatic rings. The zero-order valence-electron chi connectivity index (χ0n) is 16.7. The number of nitrogens with two attached hydrogens (primary N) is 1. The fourth-order valence-electron chi connectivity index (χ4n) is 3.54. The van der Waals surface area contributed by atoms with Gasteiger partial charge >= 0.3 is 6.03 Å². The lowest BCUT2D eigenvalue weighted by molar-refractivity contribution is 0.102. The summed E-state index contributed by atoms with van der Waals surface area (Å²) < 4.78 is 28.0. The number of anilines is 3. The van der Waals surface area contributed by atoms with Crippen LogP contribution in [0.3, 0.4) is 0 Å². The molecule has 8 nitrogen and oxygen atoms in total. The summed E-state index contributed by atoms with van der Waals surface area (Å²) in [5, 5.41) is 5.12. The molecule has 0 atom stereocenters.